The van der Waals surface area contributed by atoms with Gasteiger partial charge in [0.15, 0.2) is 0 Å². The fourth-order valence-corrected chi connectivity index (χ4v) is 9.32. The predicted molar refractivity (Wildman–Crippen MR) is 176 cm³/mol. The lowest BCUT2D eigenvalue weighted by atomic mass is 10.3. The summed E-state index contributed by atoms with van der Waals surface area (Å²) in [6, 6.07) is 7.80. The standard InChI is InChI=1S/2C13H12O2S4/c2*14-18(7-3-12-1-5-16-9-12)11-19(15)8-4-13-2-6-17-10-13/h2*1-10H,11H2. The smallest absolute Gasteiger partial charge is 0.262 e. The zero-order valence-electron chi connectivity index (χ0n) is 19.9. The average molecular weight is 657 g/mol. The van der Waals surface area contributed by atoms with Crippen molar-refractivity contribution in [3.05, 3.63) is 111 Å². The van der Waals surface area contributed by atoms with Crippen molar-refractivity contribution in [1.82, 2.24) is 0 Å². The van der Waals surface area contributed by atoms with E-state index in [-0.39, 0.29) is 10.2 Å². The third-order valence-corrected chi connectivity index (χ3v) is 12.6. The van der Waals surface area contributed by atoms with E-state index >= 15 is 0 Å². The van der Waals surface area contributed by atoms with Gasteiger partial charge in [0.2, 0.25) is 0 Å². The second-order valence-electron chi connectivity index (χ2n) is 7.20. The van der Waals surface area contributed by atoms with Gasteiger partial charge in [-0.15, -0.1) is 0 Å². The molecule has 0 aromatic carbocycles. The Labute approximate surface area is 251 Å². The molecule has 0 N–H and O–H groups in total. The number of hydrogen-bond acceptors (Lipinski definition) is 8. The maximum absolute atomic E-state index is 11.7. The second kappa shape index (κ2) is 18.4. The summed E-state index contributed by atoms with van der Waals surface area (Å²) in [5, 5.41) is 22.4. The Hall–Kier alpha value is -1.00. The fraction of sp³-hybridized carbons (Fsp3) is 0.0769. The minimum absolute atomic E-state index is 0.140. The van der Waals surface area contributed by atoms with Crippen molar-refractivity contribution < 1.29 is 18.2 Å². The van der Waals surface area contributed by atoms with Crippen molar-refractivity contribution >= 4 is 114 Å². The van der Waals surface area contributed by atoms with Crippen LogP contribution in [0.4, 0.5) is 0 Å². The molecule has 4 rings (SSSR count). The minimum atomic E-state index is -1.21. The molecule has 4 aromatic heterocycles. The van der Waals surface area contributed by atoms with Crippen molar-refractivity contribution in [2.45, 2.75) is 0 Å². The van der Waals surface area contributed by atoms with Crippen molar-refractivity contribution in [3.8, 4) is 0 Å². The Bertz CT molecular complexity index is 1040. The maximum atomic E-state index is 11.7. The monoisotopic (exact) mass is 656 g/mol. The number of thiophene rings is 4. The zero-order chi connectivity index (χ0) is 27.0. The summed E-state index contributed by atoms with van der Waals surface area (Å²) < 4.78 is 46.9. The van der Waals surface area contributed by atoms with Crippen LogP contribution >= 0.6 is 45.3 Å². The van der Waals surface area contributed by atoms with Gasteiger partial charge >= 0.3 is 0 Å². The van der Waals surface area contributed by atoms with E-state index in [1.165, 1.54) is 0 Å². The van der Waals surface area contributed by atoms with Crippen LogP contribution in [-0.4, -0.2) is 28.4 Å². The van der Waals surface area contributed by atoms with E-state index in [1.54, 1.807) is 91.3 Å². The summed E-state index contributed by atoms with van der Waals surface area (Å²) in [4.78, 5) is 0. The molecule has 0 bridgehead atoms. The quantitative estimate of drug-likeness (QED) is 0.145. The van der Waals surface area contributed by atoms with Crippen molar-refractivity contribution in [1.29, 1.82) is 0 Å². The molecule has 4 nitrogen and oxygen atoms in total. The minimum Gasteiger partial charge on any atom is -0.608 e. The maximum Gasteiger partial charge on any atom is 0.262 e. The summed E-state index contributed by atoms with van der Waals surface area (Å²) in [5.41, 5.74) is 4.10. The third-order valence-electron chi connectivity index (χ3n) is 4.29. The van der Waals surface area contributed by atoms with E-state index in [0.29, 0.717) is 0 Å². The first kappa shape index (κ1) is 31.5. The molecular weight excluding hydrogens is 633 g/mol. The van der Waals surface area contributed by atoms with Gasteiger partial charge in [0, 0.05) is 44.7 Å². The van der Waals surface area contributed by atoms with Gasteiger partial charge in [-0.3, -0.25) is 0 Å². The molecule has 4 aromatic rings. The van der Waals surface area contributed by atoms with Gasteiger partial charge < -0.3 is 18.2 Å². The second-order valence-corrected chi connectivity index (χ2v) is 16.3. The molecule has 4 heterocycles. The molecule has 0 fully saturated rings. The Kier molecular flexibility index (Phi) is 15.2. The van der Waals surface area contributed by atoms with Gasteiger partial charge in [0.05, 0.1) is 0 Å². The summed E-state index contributed by atoms with van der Waals surface area (Å²) >= 11 is 1.53. The Morgan fingerprint density at radius 1 is 0.447 bits per heavy atom. The van der Waals surface area contributed by atoms with Gasteiger partial charge in [0.1, 0.15) is 21.6 Å². The molecule has 0 saturated heterocycles. The molecule has 0 saturated carbocycles. The third kappa shape index (κ3) is 13.4. The first-order chi connectivity index (χ1) is 18.5. The highest BCUT2D eigenvalue weighted by Crippen LogP contribution is 2.14. The predicted octanol–water partition coefficient (Wildman–Crippen LogP) is 7.81. The van der Waals surface area contributed by atoms with E-state index in [4.69, 9.17) is 0 Å². The van der Waals surface area contributed by atoms with Crippen LogP contribution in [0.3, 0.4) is 0 Å². The molecule has 12 heteroatoms. The van der Waals surface area contributed by atoms with Gasteiger partial charge in [-0.1, -0.05) is 0 Å². The van der Waals surface area contributed by atoms with Crippen LogP contribution in [0.2, 0.25) is 0 Å². The van der Waals surface area contributed by atoms with E-state index in [0.717, 1.165) is 22.3 Å². The van der Waals surface area contributed by atoms with E-state index in [2.05, 4.69) is 0 Å². The normalized spacial score (nSPS) is 15.3. The molecular formula is C26H24O4S8. The van der Waals surface area contributed by atoms with Gasteiger partial charge in [-0.25, -0.2) is 0 Å². The molecule has 0 aliphatic carbocycles. The van der Waals surface area contributed by atoms with Crippen molar-refractivity contribution in [2.75, 3.05) is 10.2 Å². The molecule has 0 aliphatic heterocycles. The summed E-state index contributed by atoms with van der Waals surface area (Å²) in [6.45, 7) is 0. The van der Waals surface area contributed by atoms with E-state index in [9.17, 15) is 18.2 Å². The van der Waals surface area contributed by atoms with Gasteiger partial charge in [-0.05, 0) is 114 Å². The van der Waals surface area contributed by atoms with E-state index < -0.39 is 44.7 Å². The SMILES string of the molecule is [O-][S+](C=Cc1ccsc1)C[S+]([O-])C=Cc1ccsc1.[O-][S+](C=Cc1ccsc1)C[S+]([O-])C=Cc1ccsc1. The van der Waals surface area contributed by atoms with Crippen molar-refractivity contribution in [2.24, 2.45) is 0 Å². The van der Waals surface area contributed by atoms with Crippen LogP contribution in [0.5, 0.6) is 0 Å². The van der Waals surface area contributed by atoms with E-state index in [1.807, 2.05) is 67.3 Å². The number of hydrogen-bond donors (Lipinski definition) is 0. The highest BCUT2D eigenvalue weighted by molar-refractivity contribution is 8.11. The first-order valence-electron chi connectivity index (χ1n) is 10.8. The van der Waals surface area contributed by atoms with Gasteiger partial charge in [-0.2, -0.15) is 45.3 Å². The van der Waals surface area contributed by atoms with Crippen LogP contribution in [0.25, 0.3) is 24.3 Å². The zero-order valence-corrected chi connectivity index (χ0v) is 26.4. The first-order valence-corrected chi connectivity index (χ1v) is 20.1. The van der Waals surface area contributed by atoms with Crippen LogP contribution in [0, 0.1) is 0 Å². The fourth-order valence-electron chi connectivity index (χ4n) is 2.48. The Morgan fingerprint density at radius 3 is 0.868 bits per heavy atom. The summed E-state index contributed by atoms with van der Waals surface area (Å²) in [5.74, 6) is 0. The average Bonchev–Trinajstić information content (AvgIpc) is 3.72. The van der Waals surface area contributed by atoms with Crippen molar-refractivity contribution in [3.63, 3.8) is 0 Å². The molecule has 0 amide bonds. The van der Waals surface area contributed by atoms with Crippen LogP contribution in [-0.2, 0) is 44.7 Å². The topological polar surface area (TPSA) is 92.2 Å². The lowest BCUT2D eigenvalue weighted by Crippen LogP contribution is -2.11. The van der Waals surface area contributed by atoms with Gasteiger partial charge in [0.25, 0.3) is 10.2 Å². The highest BCUT2D eigenvalue weighted by atomic mass is 32.3. The molecule has 4 atom stereocenters. The molecule has 0 spiro atoms. The summed E-state index contributed by atoms with van der Waals surface area (Å²) in [6.07, 6.45) is 7.19. The number of rotatable bonds is 12. The molecule has 38 heavy (non-hydrogen) atoms. The van der Waals surface area contributed by atoms with Crippen LogP contribution in [0.15, 0.2) is 88.9 Å². The molecule has 0 aliphatic rings. The lowest BCUT2D eigenvalue weighted by Gasteiger charge is -2.07. The Morgan fingerprint density at radius 2 is 0.684 bits per heavy atom. The largest absolute Gasteiger partial charge is 0.608 e. The molecule has 200 valence electrons. The Balaban J connectivity index is 0.000000211. The van der Waals surface area contributed by atoms with Crippen LogP contribution < -0.4 is 0 Å². The highest BCUT2D eigenvalue weighted by Gasteiger charge is 2.12. The summed E-state index contributed by atoms with van der Waals surface area (Å²) in [7, 11) is 0. The molecule has 4 unspecified atom stereocenters. The molecule has 0 radical (unpaired) electrons. The van der Waals surface area contributed by atoms with Crippen LogP contribution in [0.1, 0.15) is 22.3 Å². The lowest BCUT2D eigenvalue weighted by molar-refractivity contribution is 0.594.